The Morgan fingerprint density at radius 1 is 1.14 bits per heavy atom. The summed E-state index contributed by atoms with van der Waals surface area (Å²) in [6.45, 7) is 16.6. The fraction of sp³-hybridized carbons (Fsp3) is 0.577. The number of nitrogens with two attached hydrogens (primary N) is 1. The molecule has 1 aromatic carbocycles. The Labute approximate surface area is 220 Å². The fourth-order valence-corrected chi connectivity index (χ4v) is 4.34. The first kappa shape index (κ1) is 30.2. The zero-order valence-corrected chi connectivity index (χ0v) is 24.3. The third-order valence-corrected chi connectivity index (χ3v) is 10.6. The number of hydrogen-bond donors (Lipinski definition) is 3. The Hall–Kier alpha value is -3.05. The van der Waals surface area contributed by atoms with Gasteiger partial charge in [-0.3, -0.25) is 4.68 Å². The molecule has 0 radical (unpaired) electrons. The van der Waals surface area contributed by atoms with Gasteiger partial charge in [0.15, 0.2) is 20.2 Å². The van der Waals surface area contributed by atoms with Gasteiger partial charge in [-0.05, 0) is 63.0 Å². The van der Waals surface area contributed by atoms with Crippen LogP contribution in [-0.4, -0.2) is 60.1 Å². The number of nitrogens with one attached hydrogen (secondary N) is 1. The molecule has 0 bridgehead atoms. The van der Waals surface area contributed by atoms with E-state index in [4.69, 9.17) is 19.6 Å². The quantitative estimate of drug-likeness (QED) is 0.273. The summed E-state index contributed by atoms with van der Waals surface area (Å²) >= 11 is 0. The molecule has 2 aromatic rings. The molecule has 0 aliphatic carbocycles. The van der Waals surface area contributed by atoms with Gasteiger partial charge in [-0.15, -0.1) is 0 Å². The summed E-state index contributed by atoms with van der Waals surface area (Å²) < 4.78 is 18.7. The van der Waals surface area contributed by atoms with Crippen LogP contribution in [0.15, 0.2) is 30.5 Å². The summed E-state index contributed by atoms with van der Waals surface area (Å²) in [5.74, 6) is -0.113. The van der Waals surface area contributed by atoms with E-state index in [1.807, 2.05) is 52.2 Å². The van der Waals surface area contributed by atoms with Crippen molar-refractivity contribution in [1.82, 2.24) is 15.1 Å². The van der Waals surface area contributed by atoms with E-state index in [0.29, 0.717) is 31.1 Å². The van der Waals surface area contributed by atoms with E-state index >= 15 is 0 Å². The standard InChI is InChI=1S/C26H42N4O6Si/c1-25(2,3)35-24(33)28-14-9-15-30-16-20(22(27)29-30)18-10-12-19(13-11-18)34-17-21(23(31)32)36-37(7,8)26(4,5)6/h10-13,16,21H,9,14-15,17H2,1-8H3,(H2,27,29)(H,28,33)(H,31,32)/t21-/m0/s1. The van der Waals surface area contributed by atoms with Gasteiger partial charge in [-0.25, -0.2) is 9.59 Å². The molecule has 1 atom stereocenters. The molecule has 0 saturated heterocycles. The Balaban J connectivity index is 1.93. The van der Waals surface area contributed by atoms with E-state index in [9.17, 15) is 14.7 Å². The second kappa shape index (κ2) is 12.0. The molecular weight excluding hydrogens is 492 g/mol. The molecule has 1 aromatic heterocycles. The van der Waals surface area contributed by atoms with Crippen LogP contribution in [0.25, 0.3) is 11.1 Å². The van der Waals surface area contributed by atoms with Crippen LogP contribution in [0.2, 0.25) is 18.1 Å². The van der Waals surface area contributed by atoms with Gasteiger partial charge in [0.25, 0.3) is 0 Å². The van der Waals surface area contributed by atoms with E-state index in [1.54, 1.807) is 16.8 Å². The number of nitrogens with zero attached hydrogens (tertiary/aromatic N) is 2. The number of ether oxygens (including phenoxy) is 2. The number of aromatic nitrogens is 2. The lowest BCUT2D eigenvalue weighted by molar-refractivity contribution is -0.147. The number of alkyl carbamates (subject to hydrolysis) is 1. The predicted octanol–water partition coefficient (Wildman–Crippen LogP) is 4.90. The monoisotopic (exact) mass is 534 g/mol. The molecule has 0 saturated carbocycles. The molecule has 0 unspecified atom stereocenters. The van der Waals surface area contributed by atoms with Crippen molar-refractivity contribution in [2.45, 2.75) is 84.3 Å². The topological polar surface area (TPSA) is 138 Å². The zero-order valence-electron chi connectivity index (χ0n) is 23.3. The van der Waals surface area contributed by atoms with Gasteiger partial charge in [-0.1, -0.05) is 32.9 Å². The molecule has 37 heavy (non-hydrogen) atoms. The second-order valence-electron chi connectivity index (χ2n) is 11.5. The maximum absolute atomic E-state index is 11.8. The van der Waals surface area contributed by atoms with E-state index < -0.39 is 32.1 Å². The fourth-order valence-electron chi connectivity index (χ4n) is 3.11. The van der Waals surface area contributed by atoms with Crippen molar-refractivity contribution < 1.29 is 28.6 Å². The molecule has 0 aliphatic heterocycles. The smallest absolute Gasteiger partial charge is 0.407 e. The molecule has 2 rings (SSSR count). The Morgan fingerprint density at radius 2 is 1.76 bits per heavy atom. The molecule has 4 N–H and O–H groups in total. The van der Waals surface area contributed by atoms with E-state index in [2.05, 4.69) is 31.2 Å². The minimum absolute atomic E-state index is 0.0847. The first-order valence-electron chi connectivity index (χ1n) is 12.4. The number of carboxylic acids is 1. The van der Waals surface area contributed by atoms with Crippen molar-refractivity contribution in [1.29, 1.82) is 0 Å². The maximum atomic E-state index is 11.8. The summed E-state index contributed by atoms with van der Waals surface area (Å²) in [5, 5.41) is 16.6. The normalized spacial score (nSPS) is 13.2. The third kappa shape index (κ3) is 9.40. The van der Waals surface area contributed by atoms with Crippen molar-refractivity contribution in [2.24, 2.45) is 0 Å². The summed E-state index contributed by atoms with van der Waals surface area (Å²) in [6, 6.07) is 7.23. The zero-order chi connectivity index (χ0) is 28.0. The number of anilines is 1. The molecule has 206 valence electrons. The minimum atomic E-state index is -2.26. The first-order valence-corrected chi connectivity index (χ1v) is 15.3. The minimum Gasteiger partial charge on any atom is -0.490 e. The summed E-state index contributed by atoms with van der Waals surface area (Å²) in [4.78, 5) is 23.5. The van der Waals surface area contributed by atoms with Crippen LogP contribution in [-0.2, 0) is 20.5 Å². The van der Waals surface area contributed by atoms with Gasteiger partial charge >= 0.3 is 12.1 Å². The number of aryl methyl sites for hydroxylation is 1. The third-order valence-electron chi connectivity index (χ3n) is 6.11. The number of benzene rings is 1. The number of carbonyl (C=O) groups excluding carboxylic acids is 1. The lowest BCUT2D eigenvalue weighted by atomic mass is 10.1. The number of amides is 1. The van der Waals surface area contributed by atoms with Crippen molar-refractivity contribution >= 4 is 26.2 Å². The lowest BCUT2D eigenvalue weighted by Crippen LogP contribution is -2.47. The van der Waals surface area contributed by atoms with Gasteiger partial charge < -0.3 is 30.1 Å². The van der Waals surface area contributed by atoms with Crippen LogP contribution < -0.4 is 15.8 Å². The number of hydrogen-bond acceptors (Lipinski definition) is 7. The van der Waals surface area contributed by atoms with E-state index in [1.165, 1.54) is 0 Å². The number of carbonyl (C=O) groups is 2. The van der Waals surface area contributed by atoms with Crippen LogP contribution in [0.3, 0.4) is 0 Å². The molecule has 0 fully saturated rings. The van der Waals surface area contributed by atoms with Crippen LogP contribution in [0, 0.1) is 0 Å². The SMILES string of the molecule is CC(C)(C)OC(=O)NCCCn1cc(-c2ccc(OC[C@H](O[Si](C)(C)C(C)(C)C)C(=O)O)cc2)c(N)n1. The average Bonchev–Trinajstić information content (AvgIpc) is 3.12. The van der Waals surface area contributed by atoms with Crippen LogP contribution >= 0.6 is 0 Å². The molecular formula is C26H42N4O6Si. The van der Waals surface area contributed by atoms with Crippen molar-refractivity contribution in [3.8, 4) is 16.9 Å². The number of carboxylic acid groups (broad SMARTS) is 1. The summed E-state index contributed by atoms with van der Waals surface area (Å²) in [5.41, 5.74) is 7.22. The van der Waals surface area contributed by atoms with Crippen LogP contribution in [0.5, 0.6) is 5.75 Å². The lowest BCUT2D eigenvalue weighted by Gasteiger charge is -2.38. The van der Waals surface area contributed by atoms with Gasteiger partial charge in [0, 0.05) is 24.8 Å². The summed E-state index contributed by atoms with van der Waals surface area (Å²) in [6.07, 6.45) is 1.02. The maximum Gasteiger partial charge on any atom is 0.407 e. The Morgan fingerprint density at radius 3 is 2.30 bits per heavy atom. The first-order chi connectivity index (χ1) is 17.0. The number of aliphatic carboxylic acids is 1. The average molecular weight is 535 g/mol. The van der Waals surface area contributed by atoms with Gasteiger partial charge in [-0.2, -0.15) is 5.10 Å². The Bertz CT molecular complexity index is 1050. The van der Waals surface area contributed by atoms with Gasteiger partial charge in [0.2, 0.25) is 0 Å². The second-order valence-corrected chi connectivity index (χ2v) is 16.3. The molecule has 0 aliphatic rings. The van der Waals surface area contributed by atoms with Gasteiger partial charge in [0.1, 0.15) is 18.0 Å². The van der Waals surface area contributed by atoms with Crippen molar-refractivity contribution in [3.05, 3.63) is 30.5 Å². The molecule has 11 heteroatoms. The highest BCUT2D eigenvalue weighted by atomic mass is 28.4. The highest BCUT2D eigenvalue weighted by molar-refractivity contribution is 6.74. The van der Waals surface area contributed by atoms with E-state index in [-0.39, 0.29) is 11.6 Å². The van der Waals surface area contributed by atoms with Crippen LogP contribution in [0.4, 0.5) is 10.6 Å². The van der Waals surface area contributed by atoms with Crippen LogP contribution in [0.1, 0.15) is 48.0 Å². The molecule has 0 spiro atoms. The molecule has 1 heterocycles. The van der Waals surface area contributed by atoms with Crippen molar-refractivity contribution in [3.63, 3.8) is 0 Å². The highest BCUT2D eigenvalue weighted by Crippen LogP contribution is 2.37. The molecule has 10 nitrogen and oxygen atoms in total. The van der Waals surface area contributed by atoms with Gasteiger partial charge in [0.05, 0.1) is 0 Å². The number of rotatable bonds is 11. The largest absolute Gasteiger partial charge is 0.490 e. The predicted molar refractivity (Wildman–Crippen MR) is 146 cm³/mol. The highest BCUT2D eigenvalue weighted by Gasteiger charge is 2.41. The van der Waals surface area contributed by atoms with E-state index in [0.717, 1.165) is 11.1 Å². The summed E-state index contributed by atoms with van der Waals surface area (Å²) in [7, 11) is -2.26. The number of nitrogen functional groups attached to an aromatic ring is 1. The van der Waals surface area contributed by atoms with Crippen molar-refractivity contribution in [2.75, 3.05) is 18.9 Å². The Kier molecular flexibility index (Phi) is 9.78. The molecule has 1 amide bonds.